The number of hydrogen-bond acceptors (Lipinski definition) is 3. The lowest BCUT2D eigenvalue weighted by Crippen LogP contribution is -2.29. The predicted molar refractivity (Wildman–Crippen MR) is 134 cm³/mol. The highest BCUT2D eigenvalue weighted by Gasteiger charge is 2.18. The van der Waals surface area contributed by atoms with Crippen LogP contribution in [0.4, 0.5) is 0 Å². The minimum Gasteiger partial charge on any atom is -0.494 e. The van der Waals surface area contributed by atoms with E-state index in [0.29, 0.717) is 18.1 Å². The summed E-state index contributed by atoms with van der Waals surface area (Å²) >= 11 is 0. The van der Waals surface area contributed by atoms with Gasteiger partial charge in [0.2, 0.25) is 0 Å². The van der Waals surface area contributed by atoms with Crippen molar-refractivity contribution in [3.63, 3.8) is 0 Å². The van der Waals surface area contributed by atoms with E-state index in [1.165, 1.54) is 0 Å². The summed E-state index contributed by atoms with van der Waals surface area (Å²) < 4.78 is 11.6. The molecule has 4 nitrogen and oxygen atoms in total. The molecule has 3 aromatic rings. The summed E-state index contributed by atoms with van der Waals surface area (Å²) in [7, 11) is 0. The molecule has 0 aromatic heterocycles. The maximum atomic E-state index is 13.1. The van der Waals surface area contributed by atoms with Crippen LogP contribution in [0.15, 0.2) is 78.9 Å². The van der Waals surface area contributed by atoms with Crippen LogP contribution in [-0.2, 0) is 6.61 Å². The Hall–Kier alpha value is -3.27. The van der Waals surface area contributed by atoms with Crippen LogP contribution < -0.4 is 14.8 Å². The molecule has 33 heavy (non-hydrogen) atoms. The van der Waals surface area contributed by atoms with Gasteiger partial charge in [0.15, 0.2) is 0 Å². The van der Waals surface area contributed by atoms with E-state index in [1.54, 1.807) is 0 Å². The van der Waals surface area contributed by atoms with Crippen molar-refractivity contribution in [3.05, 3.63) is 95.6 Å². The van der Waals surface area contributed by atoms with Crippen molar-refractivity contribution in [2.75, 3.05) is 6.61 Å². The van der Waals surface area contributed by atoms with Gasteiger partial charge in [0, 0.05) is 5.56 Å². The molecule has 0 aliphatic rings. The summed E-state index contributed by atoms with van der Waals surface area (Å²) in [6.07, 6.45) is 3.02. The van der Waals surface area contributed by atoms with Crippen molar-refractivity contribution in [2.45, 2.75) is 52.7 Å². The van der Waals surface area contributed by atoms with Crippen molar-refractivity contribution < 1.29 is 14.3 Å². The number of unbranched alkanes of at least 4 members (excludes halogenated alkanes) is 1. The highest BCUT2D eigenvalue weighted by molar-refractivity contribution is 5.94. The number of hydrogen-bond donors (Lipinski definition) is 1. The van der Waals surface area contributed by atoms with Crippen molar-refractivity contribution in [1.82, 2.24) is 5.32 Å². The van der Waals surface area contributed by atoms with Crippen LogP contribution >= 0.6 is 0 Å². The third-order valence-corrected chi connectivity index (χ3v) is 5.40. The van der Waals surface area contributed by atoms with E-state index in [9.17, 15) is 4.79 Å². The largest absolute Gasteiger partial charge is 0.494 e. The summed E-state index contributed by atoms with van der Waals surface area (Å²) in [5.74, 6) is 2.05. The first-order chi connectivity index (χ1) is 16.0. The number of amides is 1. The van der Waals surface area contributed by atoms with Gasteiger partial charge in [-0.2, -0.15) is 0 Å². The Kier molecular flexibility index (Phi) is 9.37. The fraction of sp³-hybridized carbons (Fsp3) is 0.345. The molecule has 174 valence electrons. The molecular formula is C29H35NO3. The predicted octanol–water partition coefficient (Wildman–Crippen LogP) is 6.96. The van der Waals surface area contributed by atoms with Gasteiger partial charge in [-0.15, -0.1) is 0 Å². The molecule has 4 heteroatoms. The van der Waals surface area contributed by atoms with Crippen LogP contribution in [0.25, 0.3) is 0 Å². The minimum atomic E-state index is -0.0783. The first kappa shape index (κ1) is 24.4. The van der Waals surface area contributed by atoms with Gasteiger partial charge in [0.25, 0.3) is 5.91 Å². The lowest BCUT2D eigenvalue weighted by atomic mass is 9.96. The van der Waals surface area contributed by atoms with E-state index in [-0.39, 0.29) is 11.9 Å². The van der Waals surface area contributed by atoms with E-state index in [4.69, 9.17) is 9.47 Å². The quantitative estimate of drug-likeness (QED) is 0.307. The lowest BCUT2D eigenvalue weighted by Gasteiger charge is -2.22. The van der Waals surface area contributed by atoms with Crippen LogP contribution in [0.3, 0.4) is 0 Å². The van der Waals surface area contributed by atoms with Gasteiger partial charge in [-0.25, -0.2) is 0 Å². The highest BCUT2D eigenvalue weighted by atomic mass is 16.5. The first-order valence-electron chi connectivity index (χ1n) is 11.9. The Morgan fingerprint density at radius 3 is 2.30 bits per heavy atom. The molecular weight excluding hydrogens is 410 g/mol. The smallest absolute Gasteiger partial charge is 0.251 e. The average molecular weight is 446 g/mol. The van der Waals surface area contributed by atoms with Gasteiger partial charge in [-0.3, -0.25) is 4.79 Å². The monoisotopic (exact) mass is 445 g/mol. The van der Waals surface area contributed by atoms with Gasteiger partial charge in [-0.1, -0.05) is 69.7 Å². The maximum absolute atomic E-state index is 13.1. The third-order valence-electron chi connectivity index (χ3n) is 5.40. The van der Waals surface area contributed by atoms with E-state index in [0.717, 1.165) is 48.5 Å². The average Bonchev–Trinajstić information content (AvgIpc) is 2.83. The lowest BCUT2D eigenvalue weighted by molar-refractivity contribution is 0.0931. The van der Waals surface area contributed by atoms with Crippen molar-refractivity contribution >= 4 is 5.91 Å². The molecule has 0 bridgehead atoms. The van der Waals surface area contributed by atoms with Crippen LogP contribution in [0.2, 0.25) is 0 Å². The van der Waals surface area contributed by atoms with Gasteiger partial charge in [0.05, 0.1) is 12.6 Å². The molecule has 1 amide bonds. The molecule has 0 saturated heterocycles. The zero-order valence-corrected chi connectivity index (χ0v) is 19.9. The van der Waals surface area contributed by atoms with Gasteiger partial charge in [0.1, 0.15) is 18.1 Å². The van der Waals surface area contributed by atoms with Crippen LogP contribution in [-0.4, -0.2) is 12.5 Å². The zero-order valence-electron chi connectivity index (χ0n) is 19.9. The number of benzene rings is 3. The standard InChI is InChI=1S/C29H35NO3/c1-4-5-18-32-27-16-14-24(15-17-27)28(19-22(2)3)30-29(31)25-11-9-10-23(20-25)21-33-26-12-7-6-8-13-26/h6-17,20,22,28H,4-5,18-19,21H2,1-3H3,(H,30,31). The second-order valence-electron chi connectivity index (χ2n) is 8.73. The molecule has 0 aliphatic heterocycles. The molecule has 0 fully saturated rings. The molecule has 0 heterocycles. The Balaban J connectivity index is 1.66. The van der Waals surface area contributed by atoms with Gasteiger partial charge < -0.3 is 14.8 Å². The second-order valence-corrected chi connectivity index (χ2v) is 8.73. The summed E-state index contributed by atoms with van der Waals surface area (Å²) in [6.45, 7) is 7.63. The van der Waals surface area contributed by atoms with Crippen molar-refractivity contribution in [2.24, 2.45) is 5.92 Å². The number of ether oxygens (including phenoxy) is 2. The first-order valence-corrected chi connectivity index (χ1v) is 11.9. The topological polar surface area (TPSA) is 47.6 Å². The van der Waals surface area contributed by atoms with Gasteiger partial charge >= 0.3 is 0 Å². The van der Waals surface area contributed by atoms with Crippen molar-refractivity contribution in [3.8, 4) is 11.5 Å². The number of carbonyl (C=O) groups is 1. The third kappa shape index (κ3) is 7.98. The summed E-state index contributed by atoms with van der Waals surface area (Å²) in [4.78, 5) is 13.1. The van der Waals surface area contributed by atoms with E-state index in [2.05, 4.69) is 38.2 Å². The Labute approximate surface area is 197 Å². The molecule has 1 N–H and O–H groups in total. The minimum absolute atomic E-state index is 0.0635. The molecule has 3 rings (SSSR count). The molecule has 0 radical (unpaired) electrons. The van der Waals surface area contributed by atoms with Crippen LogP contribution in [0, 0.1) is 5.92 Å². The van der Waals surface area contributed by atoms with E-state index >= 15 is 0 Å². The summed E-state index contributed by atoms with van der Waals surface area (Å²) in [6, 6.07) is 25.3. The van der Waals surface area contributed by atoms with E-state index in [1.807, 2.05) is 66.7 Å². The molecule has 0 aliphatic carbocycles. The maximum Gasteiger partial charge on any atom is 0.251 e. The highest BCUT2D eigenvalue weighted by Crippen LogP contribution is 2.24. The fourth-order valence-electron chi connectivity index (χ4n) is 3.61. The molecule has 0 saturated carbocycles. The Morgan fingerprint density at radius 2 is 1.61 bits per heavy atom. The molecule has 1 atom stereocenters. The van der Waals surface area contributed by atoms with Crippen LogP contribution in [0.1, 0.15) is 67.6 Å². The zero-order chi connectivity index (χ0) is 23.5. The Bertz CT molecular complexity index is 983. The molecule has 1 unspecified atom stereocenters. The summed E-state index contributed by atoms with van der Waals surface area (Å²) in [5.41, 5.74) is 2.68. The number of rotatable bonds is 12. The SMILES string of the molecule is CCCCOc1ccc(C(CC(C)C)NC(=O)c2cccc(COc3ccccc3)c2)cc1. The fourth-order valence-corrected chi connectivity index (χ4v) is 3.61. The number of carbonyl (C=O) groups excluding carboxylic acids is 1. The van der Waals surface area contributed by atoms with Crippen molar-refractivity contribution in [1.29, 1.82) is 0 Å². The number of para-hydroxylation sites is 1. The molecule has 3 aromatic carbocycles. The Morgan fingerprint density at radius 1 is 0.879 bits per heavy atom. The molecule has 0 spiro atoms. The summed E-state index contributed by atoms with van der Waals surface area (Å²) in [5, 5.41) is 3.23. The second kappa shape index (κ2) is 12.7. The van der Waals surface area contributed by atoms with Crippen LogP contribution in [0.5, 0.6) is 11.5 Å². The van der Waals surface area contributed by atoms with Gasteiger partial charge in [-0.05, 0) is 66.3 Å². The van der Waals surface area contributed by atoms with E-state index < -0.39 is 0 Å². The normalized spacial score (nSPS) is 11.8. The number of nitrogens with one attached hydrogen (secondary N) is 1.